The lowest BCUT2D eigenvalue weighted by atomic mass is 9.76. The van der Waals surface area contributed by atoms with Crippen molar-refractivity contribution >= 4 is 17.3 Å². The van der Waals surface area contributed by atoms with Crippen molar-refractivity contribution in [1.82, 2.24) is 10.2 Å². The van der Waals surface area contributed by atoms with Gasteiger partial charge in [0.05, 0.1) is 19.4 Å². The largest absolute Gasteiger partial charge is 0.508 e. The summed E-state index contributed by atoms with van der Waals surface area (Å²) in [5, 5.41) is 12.9. The second-order valence-corrected chi connectivity index (χ2v) is 13.8. The first-order valence-electron chi connectivity index (χ1n) is 17.5. The number of anilines is 2. The van der Waals surface area contributed by atoms with E-state index >= 15 is 0 Å². The topological polar surface area (TPSA) is 77.5 Å². The average molecular weight is 663 g/mol. The predicted octanol–water partition coefficient (Wildman–Crippen LogP) is 6.13. The van der Waals surface area contributed by atoms with Crippen LogP contribution >= 0.6 is 0 Å². The number of rotatable bonds is 7. The Morgan fingerprint density at radius 2 is 1.69 bits per heavy atom. The van der Waals surface area contributed by atoms with Crippen LogP contribution in [0, 0.1) is 11.7 Å². The van der Waals surface area contributed by atoms with E-state index in [4.69, 9.17) is 9.47 Å². The van der Waals surface area contributed by atoms with Crippen LogP contribution in [0.3, 0.4) is 0 Å². The zero-order valence-electron chi connectivity index (χ0n) is 27.9. The number of methoxy groups -OCH3 is 1. The van der Waals surface area contributed by atoms with Crippen LogP contribution in [0.1, 0.15) is 57.3 Å². The minimum Gasteiger partial charge on any atom is -0.508 e. The number of piperidine rings is 1. The van der Waals surface area contributed by atoms with Gasteiger partial charge in [-0.3, -0.25) is 9.69 Å². The van der Waals surface area contributed by atoms with Gasteiger partial charge in [-0.05, 0) is 77.9 Å². The molecular weight excluding hydrogens is 619 g/mol. The Bertz CT molecular complexity index is 1830. The van der Waals surface area contributed by atoms with E-state index in [0.29, 0.717) is 30.3 Å². The lowest BCUT2D eigenvalue weighted by molar-refractivity contribution is 0.0965. The monoisotopic (exact) mass is 662 g/mol. The number of phenols is 1. The Morgan fingerprint density at radius 3 is 2.47 bits per heavy atom. The summed E-state index contributed by atoms with van der Waals surface area (Å²) in [6.07, 6.45) is 2.30. The van der Waals surface area contributed by atoms with E-state index < -0.39 is 0 Å². The molecule has 1 amide bonds. The zero-order chi connectivity index (χ0) is 33.5. The molecule has 0 spiro atoms. The molecule has 9 heteroatoms. The third kappa shape index (κ3) is 6.28. The molecule has 0 aliphatic carbocycles. The fourth-order valence-corrected chi connectivity index (χ4v) is 8.25. The van der Waals surface area contributed by atoms with E-state index in [2.05, 4.69) is 56.4 Å². The first-order chi connectivity index (χ1) is 23.9. The van der Waals surface area contributed by atoms with Crippen LogP contribution in [-0.2, 0) is 6.54 Å². The molecule has 2 fully saturated rings. The highest BCUT2D eigenvalue weighted by Crippen LogP contribution is 2.47. The first kappa shape index (κ1) is 31.5. The van der Waals surface area contributed by atoms with Crippen LogP contribution in [0.2, 0.25) is 0 Å². The van der Waals surface area contributed by atoms with Crippen LogP contribution in [0.15, 0.2) is 78.9 Å². The minimum absolute atomic E-state index is 0.0807. The Kier molecular flexibility index (Phi) is 8.53. The molecule has 0 unspecified atom stereocenters. The molecule has 2 atom stereocenters. The second-order valence-electron chi connectivity index (χ2n) is 13.8. The standard InChI is InChI=1S/C40H43FN4O4/c1-48-32-4-2-3-28(19-32)35-25-49-38-21-31(46)9-10-33(38)39(35)27-5-7-30(8-6-27)44-13-11-26(12-14-44)24-43-15-17-45(18-16-43)37-20-29-23-42-40(47)34(29)22-36(37)41/h2-10,19-22,26,35,39,46H,11-18,23-25H2,1H3,(H,42,47)/t35-,39-/m1/s1. The highest BCUT2D eigenvalue weighted by molar-refractivity contribution is 5.98. The molecule has 4 aliphatic heterocycles. The summed E-state index contributed by atoms with van der Waals surface area (Å²) in [4.78, 5) is 19.1. The molecule has 0 radical (unpaired) electrons. The molecule has 4 aliphatic rings. The van der Waals surface area contributed by atoms with Crippen molar-refractivity contribution in [2.45, 2.75) is 31.2 Å². The average Bonchev–Trinajstić information content (AvgIpc) is 3.50. The Balaban J connectivity index is 0.891. The van der Waals surface area contributed by atoms with Crippen molar-refractivity contribution in [1.29, 1.82) is 0 Å². The number of halogens is 1. The maximum absolute atomic E-state index is 14.9. The molecule has 8 nitrogen and oxygen atoms in total. The molecule has 2 saturated heterocycles. The lowest BCUT2D eigenvalue weighted by Gasteiger charge is -2.40. The van der Waals surface area contributed by atoms with Gasteiger partial charge in [-0.25, -0.2) is 4.39 Å². The van der Waals surface area contributed by atoms with E-state index in [9.17, 15) is 14.3 Å². The number of hydrogen-bond donors (Lipinski definition) is 2. The lowest BCUT2D eigenvalue weighted by Crippen LogP contribution is -2.49. The Hall–Kier alpha value is -4.76. The molecule has 4 aromatic rings. The molecule has 8 rings (SSSR count). The zero-order valence-corrected chi connectivity index (χ0v) is 27.9. The van der Waals surface area contributed by atoms with Crippen LogP contribution in [0.25, 0.3) is 0 Å². The van der Waals surface area contributed by atoms with Gasteiger partial charge in [0.2, 0.25) is 0 Å². The third-order valence-electron chi connectivity index (χ3n) is 11.0. The molecule has 4 heterocycles. The summed E-state index contributed by atoms with van der Waals surface area (Å²) in [5.74, 6) is 2.12. The number of carbonyl (C=O) groups excluding carboxylic acids is 1. The van der Waals surface area contributed by atoms with Crippen molar-refractivity contribution in [2.75, 3.05) is 69.3 Å². The molecule has 254 valence electrons. The fourth-order valence-electron chi connectivity index (χ4n) is 8.25. The SMILES string of the molecule is COc1cccc([C@H]2COc3cc(O)ccc3[C@H]2c2ccc(N3CCC(CN4CCN(c5cc6c(cc5F)C(=O)NC6)CC4)CC3)cc2)c1. The van der Waals surface area contributed by atoms with E-state index in [-0.39, 0.29) is 29.3 Å². The first-order valence-corrected chi connectivity index (χ1v) is 17.5. The number of piperazine rings is 1. The van der Waals surface area contributed by atoms with E-state index in [1.165, 1.54) is 22.9 Å². The van der Waals surface area contributed by atoms with Crippen molar-refractivity contribution in [3.05, 3.63) is 112 Å². The fraction of sp³-hybridized carbons (Fsp3) is 0.375. The third-order valence-corrected chi connectivity index (χ3v) is 11.0. The van der Waals surface area contributed by atoms with Crippen LogP contribution in [0.5, 0.6) is 17.2 Å². The number of hydrogen-bond acceptors (Lipinski definition) is 7. The van der Waals surface area contributed by atoms with E-state index in [0.717, 1.165) is 81.3 Å². The van der Waals surface area contributed by atoms with Gasteiger partial charge in [-0.2, -0.15) is 0 Å². The molecule has 49 heavy (non-hydrogen) atoms. The van der Waals surface area contributed by atoms with Gasteiger partial charge < -0.3 is 29.7 Å². The summed E-state index contributed by atoms with van der Waals surface area (Å²) in [6, 6.07) is 26.0. The number of phenolic OH excluding ortho intramolecular Hbond substituents is 1. The summed E-state index contributed by atoms with van der Waals surface area (Å²) < 4.78 is 26.6. The Labute approximate surface area is 287 Å². The summed E-state index contributed by atoms with van der Waals surface area (Å²) in [7, 11) is 1.69. The normalized spacial score (nSPS) is 21.1. The van der Waals surface area contributed by atoms with Gasteiger partial charge in [0.1, 0.15) is 23.1 Å². The Morgan fingerprint density at radius 1 is 0.898 bits per heavy atom. The van der Waals surface area contributed by atoms with Gasteiger partial charge in [0.15, 0.2) is 0 Å². The van der Waals surface area contributed by atoms with Crippen molar-refractivity contribution in [2.24, 2.45) is 5.92 Å². The van der Waals surface area contributed by atoms with Crippen LogP contribution < -0.4 is 24.6 Å². The number of aromatic hydroxyl groups is 1. The highest BCUT2D eigenvalue weighted by Gasteiger charge is 2.34. The van der Waals surface area contributed by atoms with Crippen LogP contribution in [0.4, 0.5) is 15.8 Å². The number of ether oxygens (including phenoxy) is 2. The molecule has 0 saturated carbocycles. The van der Waals surface area contributed by atoms with Gasteiger partial charge in [-0.15, -0.1) is 0 Å². The maximum atomic E-state index is 14.9. The van der Waals surface area contributed by atoms with Crippen LogP contribution in [-0.4, -0.2) is 75.4 Å². The number of fused-ring (bicyclic) bond motifs is 2. The minimum atomic E-state index is -0.306. The molecule has 2 N–H and O–H groups in total. The second kappa shape index (κ2) is 13.3. The summed E-state index contributed by atoms with van der Waals surface area (Å²) in [5.41, 5.74) is 6.69. The molecule has 0 bridgehead atoms. The molecular formula is C40H43FN4O4. The highest BCUT2D eigenvalue weighted by atomic mass is 19.1. The van der Waals surface area contributed by atoms with E-state index in [1.807, 2.05) is 24.3 Å². The van der Waals surface area contributed by atoms with Gasteiger partial charge in [0, 0.05) is 87.1 Å². The number of benzene rings is 4. The number of nitrogens with zero attached hydrogens (tertiary/aromatic N) is 3. The van der Waals surface area contributed by atoms with Crippen molar-refractivity contribution in [3.8, 4) is 17.2 Å². The number of nitrogens with one attached hydrogen (secondary N) is 1. The summed E-state index contributed by atoms with van der Waals surface area (Å²) in [6.45, 7) is 7.55. The van der Waals surface area contributed by atoms with Gasteiger partial charge in [0.25, 0.3) is 5.91 Å². The van der Waals surface area contributed by atoms with Crippen molar-refractivity contribution in [3.63, 3.8) is 0 Å². The summed E-state index contributed by atoms with van der Waals surface area (Å²) >= 11 is 0. The predicted molar refractivity (Wildman–Crippen MR) is 189 cm³/mol. The molecule has 4 aromatic carbocycles. The smallest absolute Gasteiger partial charge is 0.252 e. The maximum Gasteiger partial charge on any atom is 0.252 e. The van der Waals surface area contributed by atoms with Crippen molar-refractivity contribution < 1.29 is 23.8 Å². The number of amides is 1. The van der Waals surface area contributed by atoms with Gasteiger partial charge >= 0.3 is 0 Å². The number of carbonyl (C=O) groups is 1. The van der Waals surface area contributed by atoms with E-state index in [1.54, 1.807) is 19.2 Å². The molecule has 0 aromatic heterocycles. The quantitative estimate of drug-likeness (QED) is 0.247. The van der Waals surface area contributed by atoms with Gasteiger partial charge in [-0.1, -0.05) is 30.3 Å².